The van der Waals surface area contributed by atoms with Gasteiger partial charge in [0.1, 0.15) is 5.65 Å². The standard InChI is InChI=1S/C20H16BrClN4O2S/c1-2-7-25-19(28)15-5-4-13(22)8-16(15)24-20(25)29-11-14-9-18(27)26-10-12(21)3-6-17(26)23-14/h3-6,8-10H,2,7,11H2,1H3. The maximum absolute atomic E-state index is 12.9. The SMILES string of the molecule is CCCn1c(SCc2cc(=O)n3cc(Br)ccc3n2)nc2cc(Cl)ccc2c1=O. The van der Waals surface area contributed by atoms with Gasteiger partial charge in [0, 0.05) is 34.1 Å². The molecule has 1 aromatic carbocycles. The van der Waals surface area contributed by atoms with E-state index in [4.69, 9.17) is 11.6 Å². The van der Waals surface area contributed by atoms with Gasteiger partial charge in [0.15, 0.2) is 5.16 Å². The number of hydrogen-bond acceptors (Lipinski definition) is 5. The first-order valence-corrected chi connectivity index (χ1v) is 11.1. The molecule has 0 radical (unpaired) electrons. The average Bonchev–Trinajstić information content (AvgIpc) is 2.69. The molecule has 0 saturated heterocycles. The highest BCUT2D eigenvalue weighted by Gasteiger charge is 2.13. The van der Waals surface area contributed by atoms with E-state index in [1.165, 1.54) is 22.2 Å². The van der Waals surface area contributed by atoms with Crippen LogP contribution in [0.5, 0.6) is 0 Å². The smallest absolute Gasteiger partial charge is 0.262 e. The first kappa shape index (κ1) is 20.1. The van der Waals surface area contributed by atoms with Gasteiger partial charge in [-0.3, -0.25) is 18.6 Å². The Balaban J connectivity index is 1.73. The molecule has 0 aliphatic carbocycles. The summed E-state index contributed by atoms with van der Waals surface area (Å²) < 4.78 is 3.96. The van der Waals surface area contributed by atoms with Crippen molar-refractivity contribution in [2.45, 2.75) is 30.8 Å². The molecular formula is C20H16BrClN4O2S. The Labute approximate surface area is 183 Å². The normalized spacial score (nSPS) is 11.4. The van der Waals surface area contributed by atoms with Crippen LogP contribution in [0.4, 0.5) is 0 Å². The summed E-state index contributed by atoms with van der Waals surface area (Å²) in [7, 11) is 0. The number of hydrogen-bond donors (Lipinski definition) is 0. The van der Waals surface area contributed by atoms with Crippen molar-refractivity contribution in [2.24, 2.45) is 0 Å². The van der Waals surface area contributed by atoms with Crippen LogP contribution in [0.15, 0.2) is 61.8 Å². The lowest BCUT2D eigenvalue weighted by Crippen LogP contribution is -2.23. The zero-order chi connectivity index (χ0) is 20.5. The van der Waals surface area contributed by atoms with E-state index in [9.17, 15) is 9.59 Å². The largest absolute Gasteiger partial charge is 0.287 e. The first-order chi connectivity index (χ1) is 14.0. The molecule has 0 bridgehead atoms. The minimum absolute atomic E-state index is 0.0904. The molecule has 4 rings (SSSR count). The van der Waals surface area contributed by atoms with Crippen molar-refractivity contribution in [1.29, 1.82) is 0 Å². The summed E-state index contributed by atoms with van der Waals surface area (Å²) >= 11 is 10.8. The Kier molecular flexibility index (Phi) is 5.76. The summed E-state index contributed by atoms with van der Waals surface area (Å²) in [5.74, 6) is 0.421. The third-order valence-corrected chi connectivity index (χ3v) is 6.07. The minimum Gasteiger partial charge on any atom is -0.287 e. The Bertz CT molecular complexity index is 1350. The van der Waals surface area contributed by atoms with Crippen LogP contribution in [0.3, 0.4) is 0 Å². The number of pyridine rings is 1. The van der Waals surface area contributed by atoms with Crippen LogP contribution in [0, 0.1) is 0 Å². The van der Waals surface area contributed by atoms with Crippen molar-refractivity contribution in [1.82, 2.24) is 18.9 Å². The molecule has 0 unspecified atom stereocenters. The van der Waals surface area contributed by atoms with Crippen LogP contribution in [0.25, 0.3) is 16.6 Å². The summed E-state index contributed by atoms with van der Waals surface area (Å²) in [6.45, 7) is 2.57. The van der Waals surface area contributed by atoms with Crippen LogP contribution >= 0.6 is 39.3 Å². The highest BCUT2D eigenvalue weighted by molar-refractivity contribution is 9.10. The molecule has 0 aliphatic rings. The van der Waals surface area contributed by atoms with Gasteiger partial charge in [-0.2, -0.15) is 0 Å². The molecule has 0 N–H and O–H groups in total. The predicted octanol–water partition coefficient (Wildman–Crippen LogP) is 4.52. The number of benzene rings is 1. The second-order valence-electron chi connectivity index (χ2n) is 6.46. The quantitative estimate of drug-likeness (QED) is 0.303. The van der Waals surface area contributed by atoms with Crippen LogP contribution in [-0.4, -0.2) is 18.9 Å². The van der Waals surface area contributed by atoms with Crippen molar-refractivity contribution >= 4 is 55.8 Å². The van der Waals surface area contributed by atoms with Crippen LogP contribution < -0.4 is 11.1 Å². The van der Waals surface area contributed by atoms with Gasteiger partial charge in [-0.15, -0.1) is 0 Å². The Morgan fingerprint density at radius 2 is 1.97 bits per heavy atom. The zero-order valence-corrected chi connectivity index (χ0v) is 18.6. The number of thioether (sulfide) groups is 1. The topological polar surface area (TPSA) is 69.3 Å². The van der Waals surface area contributed by atoms with Crippen molar-refractivity contribution in [3.8, 4) is 0 Å². The average molecular weight is 492 g/mol. The van der Waals surface area contributed by atoms with Crippen molar-refractivity contribution < 1.29 is 0 Å². The summed E-state index contributed by atoms with van der Waals surface area (Å²) in [5, 5.41) is 1.66. The molecule has 29 heavy (non-hydrogen) atoms. The molecule has 0 fully saturated rings. The molecule has 3 heterocycles. The molecule has 0 atom stereocenters. The lowest BCUT2D eigenvalue weighted by Gasteiger charge is -2.12. The highest BCUT2D eigenvalue weighted by Crippen LogP contribution is 2.23. The fourth-order valence-electron chi connectivity index (χ4n) is 3.04. The van der Waals surface area contributed by atoms with Gasteiger partial charge in [0.2, 0.25) is 0 Å². The van der Waals surface area contributed by atoms with Gasteiger partial charge in [-0.05, 0) is 52.7 Å². The number of fused-ring (bicyclic) bond motifs is 2. The monoisotopic (exact) mass is 490 g/mol. The molecule has 4 aromatic rings. The van der Waals surface area contributed by atoms with E-state index in [0.29, 0.717) is 44.7 Å². The van der Waals surface area contributed by atoms with E-state index in [1.54, 1.807) is 35.0 Å². The van der Waals surface area contributed by atoms with E-state index in [2.05, 4.69) is 25.9 Å². The van der Waals surface area contributed by atoms with E-state index < -0.39 is 0 Å². The third kappa shape index (κ3) is 4.10. The van der Waals surface area contributed by atoms with Crippen molar-refractivity contribution in [2.75, 3.05) is 0 Å². The van der Waals surface area contributed by atoms with Crippen LogP contribution in [-0.2, 0) is 12.3 Å². The molecule has 6 nitrogen and oxygen atoms in total. The first-order valence-electron chi connectivity index (χ1n) is 8.97. The Morgan fingerprint density at radius 1 is 1.14 bits per heavy atom. The third-order valence-electron chi connectivity index (χ3n) is 4.36. The van der Waals surface area contributed by atoms with E-state index in [1.807, 2.05) is 13.0 Å². The zero-order valence-electron chi connectivity index (χ0n) is 15.4. The van der Waals surface area contributed by atoms with Gasteiger partial charge < -0.3 is 0 Å². The second-order valence-corrected chi connectivity index (χ2v) is 8.76. The van der Waals surface area contributed by atoms with Gasteiger partial charge in [0.05, 0.1) is 16.6 Å². The fraction of sp³-hybridized carbons (Fsp3) is 0.200. The van der Waals surface area contributed by atoms with Gasteiger partial charge in [-0.25, -0.2) is 9.97 Å². The summed E-state index contributed by atoms with van der Waals surface area (Å²) in [5.41, 5.74) is 1.52. The lowest BCUT2D eigenvalue weighted by molar-refractivity contribution is 0.584. The Morgan fingerprint density at radius 3 is 2.76 bits per heavy atom. The molecule has 0 saturated carbocycles. The summed E-state index contributed by atoms with van der Waals surface area (Å²) in [6.07, 6.45) is 2.49. The van der Waals surface area contributed by atoms with Crippen LogP contribution in [0.1, 0.15) is 19.0 Å². The number of rotatable bonds is 5. The molecule has 3 aromatic heterocycles. The fourth-order valence-corrected chi connectivity index (χ4v) is 4.46. The van der Waals surface area contributed by atoms with Crippen molar-refractivity contribution in [3.63, 3.8) is 0 Å². The molecule has 148 valence electrons. The van der Waals surface area contributed by atoms with Gasteiger partial charge in [0.25, 0.3) is 11.1 Å². The summed E-state index contributed by atoms with van der Waals surface area (Å²) in [4.78, 5) is 34.5. The number of halogens is 2. The van der Waals surface area contributed by atoms with E-state index in [-0.39, 0.29) is 11.1 Å². The van der Waals surface area contributed by atoms with Gasteiger partial charge >= 0.3 is 0 Å². The van der Waals surface area contributed by atoms with E-state index in [0.717, 1.165) is 10.9 Å². The lowest BCUT2D eigenvalue weighted by atomic mass is 10.2. The minimum atomic E-state index is -0.156. The molecule has 0 amide bonds. The predicted molar refractivity (Wildman–Crippen MR) is 120 cm³/mol. The molecule has 0 spiro atoms. The molecular weight excluding hydrogens is 476 g/mol. The van der Waals surface area contributed by atoms with Crippen LogP contribution in [0.2, 0.25) is 5.02 Å². The maximum atomic E-state index is 12.9. The second kappa shape index (κ2) is 8.30. The Hall–Kier alpha value is -2.16. The van der Waals surface area contributed by atoms with Crippen molar-refractivity contribution in [3.05, 3.63) is 78.5 Å². The highest BCUT2D eigenvalue weighted by atomic mass is 79.9. The molecule has 0 aliphatic heterocycles. The van der Waals surface area contributed by atoms with E-state index >= 15 is 0 Å². The summed E-state index contributed by atoms with van der Waals surface area (Å²) in [6, 6.07) is 10.2. The molecule has 9 heteroatoms. The number of aromatic nitrogens is 4. The number of nitrogens with zero attached hydrogens (tertiary/aromatic N) is 4. The maximum Gasteiger partial charge on any atom is 0.262 e. The van der Waals surface area contributed by atoms with Gasteiger partial charge in [-0.1, -0.05) is 30.3 Å².